The van der Waals surface area contributed by atoms with Crippen molar-refractivity contribution in [3.63, 3.8) is 0 Å². The summed E-state index contributed by atoms with van der Waals surface area (Å²) in [6, 6.07) is 1.12. The lowest BCUT2D eigenvalue weighted by Gasteiger charge is -2.33. The maximum Gasteiger partial charge on any atom is 0.431 e. The van der Waals surface area contributed by atoms with Gasteiger partial charge in [-0.1, -0.05) is 0 Å². The number of hydrogen-bond acceptors (Lipinski definition) is 3. The van der Waals surface area contributed by atoms with Crippen molar-refractivity contribution in [2.45, 2.75) is 18.5 Å². The van der Waals surface area contributed by atoms with Gasteiger partial charge in [-0.25, -0.2) is 0 Å². The molecule has 0 unspecified atom stereocenters. The molecule has 0 spiro atoms. The van der Waals surface area contributed by atoms with Crippen molar-refractivity contribution in [1.82, 2.24) is 9.88 Å². The number of morpholine rings is 1. The van der Waals surface area contributed by atoms with E-state index in [1.807, 2.05) is 0 Å². The SMILES string of the molecule is O=C(c1ccc(C(F)(F)F)[nH]c1=O)N1CCO[C@H](C(F)(F)F)C1. The molecule has 0 saturated carbocycles. The first kappa shape index (κ1) is 17.3. The Hall–Kier alpha value is -2.04. The van der Waals surface area contributed by atoms with Crippen LogP contribution in [0.3, 0.4) is 0 Å². The maximum atomic E-state index is 12.6. The number of nitrogens with zero attached hydrogens (tertiary/aromatic N) is 1. The summed E-state index contributed by atoms with van der Waals surface area (Å²) in [5.74, 6) is -1.09. The summed E-state index contributed by atoms with van der Waals surface area (Å²) < 4.78 is 79.6. The van der Waals surface area contributed by atoms with Crippen LogP contribution in [0.4, 0.5) is 26.3 Å². The number of carbonyl (C=O) groups excluding carboxylic acids is 1. The zero-order valence-corrected chi connectivity index (χ0v) is 11.3. The largest absolute Gasteiger partial charge is 0.431 e. The smallest absolute Gasteiger partial charge is 0.365 e. The molecule has 1 saturated heterocycles. The van der Waals surface area contributed by atoms with Gasteiger partial charge in [0.2, 0.25) is 0 Å². The summed E-state index contributed by atoms with van der Waals surface area (Å²) in [5, 5.41) is 0. The monoisotopic (exact) mass is 344 g/mol. The lowest BCUT2D eigenvalue weighted by molar-refractivity contribution is -0.233. The number of alkyl halides is 6. The average Bonchev–Trinajstić information content (AvgIpc) is 2.45. The minimum atomic E-state index is -4.80. The van der Waals surface area contributed by atoms with Gasteiger partial charge in [0.1, 0.15) is 11.3 Å². The van der Waals surface area contributed by atoms with Crippen LogP contribution in [0.2, 0.25) is 0 Å². The van der Waals surface area contributed by atoms with Crippen molar-refractivity contribution in [1.29, 1.82) is 0 Å². The predicted octanol–water partition coefficient (Wildman–Crippen LogP) is 1.80. The number of aromatic amines is 1. The summed E-state index contributed by atoms with van der Waals surface area (Å²) in [7, 11) is 0. The zero-order chi connectivity index (χ0) is 17.4. The highest BCUT2D eigenvalue weighted by atomic mass is 19.4. The number of nitrogens with one attached hydrogen (secondary N) is 1. The lowest BCUT2D eigenvalue weighted by atomic mass is 10.2. The molecule has 23 heavy (non-hydrogen) atoms. The number of amides is 1. The first-order valence-electron chi connectivity index (χ1n) is 6.28. The summed E-state index contributed by atoms with van der Waals surface area (Å²) in [6.07, 6.45) is -11.7. The summed E-state index contributed by atoms with van der Waals surface area (Å²) >= 11 is 0. The zero-order valence-electron chi connectivity index (χ0n) is 11.3. The first-order valence-corrected chi connectivity index (χ1v) is 6.28. The van der Waals surface area contributed by atoms with E-state index < -0.39 is 54.3 Å². The Bertz CT molecular complexity index is 651. The molecular formula is C12H10F6N2O3. The van der Waals surface area contributed by atoms with Crippen LogP contribution >= 0.6 is 0 Å². The molecule has 2 heterocycles. The van der Waals surface area contributed by atoms with E-state index in [0.717, 1.165) is 4.90 Å². The Morgan fingerprint density at radius 1 is 1.22 bits per heavy atom. The fourth-order valence-corrected chi connectivity index (χ4v) is 2.01. The summed E-state index contributed by atoms with van der Waals surface area (Å²) in [5.41, 5.74) is -3.34. The van der Waals surface area contributed by atoms with Crippen molar-refractivity contribution >= 4 is 5.91 Å². The number of pyridine rings is 1. The van der Waals surface area contributed by atoms with Crippen LogP contribution in [0.5, 0.6) is 0 Å². The molecular weight excluding hydrogens is 334 g/mol. The van der Waals surface area contributed by atoms with Crippen molar-refractivity contribution in [2.75, 3.05) is 19.7 Å². The highest BCUT2D eigenvalue weighted by molar-refractivity contribution is 5.93. The average molecular weight is 344 g/mol. The Kier molecular flexibility index (Phi) is 4.42. The van der Waals surface area contributed by atoms with Gasteiger partial charge in [-0.3, -0.25) is 9.59 Å². The van der Waals surface area contributed by atoms with Crippen molar-refractivity contribution in [3.8, 4) is 0 Å². The number of aromatic nitrogens is 1. The molecule has 0 radical (unpaired) electrons. The van der Waals surface area contributed by atoms with Gasteiger partial charge in [0, 0.05) is 6.54 Å². The third-order valence-electron chi connectivity index (χ3n) is 3.16. The Labute approximate surface area is 124 Å². The van der Waals surface area contributed by atoms with Crippen molar-refractivity contribution in [2.24, 2.45) is 0 Å². The molecule has 128 valence electrons. The molecule has 1 atom stereocenters. The topological polar surface area (TPSA) is 62.4 Å². The molecule has 0 bridgehead atoms. The molecule has 1 fully saturated rings. The number of carbonyl (C=O) groups is 1. The second-order valence-electron chi connectivity index (χ2n) is 4.76. The normalized spacial score (nSPS) is 19.7. The number of ether oxygens (including phenoxy) is 1. The van der Waals surface area contributed by atoms with Crippen molar-refractivity contribution in [3.05, 3.63) is 33.7 Å². The van der Waals surface area contributed by atoms with Gasteiger partial charge in [0.15, 0.2) is 6.10 Å². The molecule has 1 amide bonds. The van der Waals surface area contributed by atoms with Crippen LogP contribution in [-0.2, 0) is 10.9 Å². The second kappa shape index (κ2) is 5.87. The second-order valence-corrected chi connectivity index (χ2v) is 4.76. The molecule has 11 heteroatoms. The van der Waals surface area contributed by atoms with Gasteiger partial charge >= 0.3 is 12.4 Å². The number of H-pyrrole nitrogens is 1. The van der Waals surface area contributed by atoms with Gasteiger partial charge in [-0.05, 0) is 12.1 Å². The van der Waals surface area contributed by atoms with E-state index in [9.17, 15) is 35.9 Å². The Morgan fingerprint density at radius 3 is 2.39 bits per heavy atom. The maximum absolute atomic E-state index is 12.6. The van der Waals surface area contributed by atoms with Crippen LogP contribution in [0.1, 0.15) is 16.1 Å². The van der Waals surface area contributed by atoms with E-state index in [1.54, 1.807) is 0 Å². The minimum Gasteiger partial charge on any atom is -0.365 e. The first-order chi connectivity index (χ1) is 10.5. The van der Waals surface area contributed by atoms with E-state index in [-0.39, 0.29) is 6.54 Å². The van der Waals surface area contributed by atoms with E-state index >= 15 is 0 Å². The molecule has 1 aromatic rings. The van der Waals surface area contributed by atoms with Crippen molar-refractivity contribution < 1.29 is 35.9 Å². The summed E-state index contributed by atoms with van der Waals surface area (Å²) in [4.78, 5) is 25.9. The fourth-order valence-electron chi connectivity index (χ4n) is 2.01. The quantitative estimate of drug-likeness (QED) is 0.791. The molecule has 1 N–H and O–H groups in total. The van der Waals surface area contributed by atoms with Crippen LogP contribution in [-0.4, -0.2) is 47.8 Å². The van der Waals surface area contributed by atoms with E-state index in [4.69, 9.17) is 0 Å². The van der Waals surface area contributed by atoms with Crippen LogP contribution in [0.25, 0.3) is 0 Å². The van der Waals surface area contributed by atoms with E-state index in [0.29, 0.717) is 12.1 Å². The van der Waals surface area contributed by atoms with Crippen LogP contribution in [0, 0.1) is 0 Å². The van der Waals surface area contributed by atoms with E-state index in [2.05, 4.69) is 4.74 Å². The number of halogens is 6. The molecule has 5 nitrogen and oxygen atoms in total. The van der Waals surface area contributed by atoms with Crippen LogP contribution < -0.4 is 5.56 Å². The highest BCUT2D eigenvalue weighted by Crippen LogP contribution is 2.27. The third-order valence-corrected chi connectivity index (χ3v) is 3.16. The molecule has 0 aromatic carbocycles. The summed E-state index contributed by atoms with van der Waals surface area (Å²) in [6.45, 7) is -1.43. The van der Waals surface area contributed by atoms with Gasteiger partial charge in [0.25, 0.3) is 11.5 Å². The Morgan fingerprint density at radius 2 is 1.87 bits per heavy atom. The Balaban J connectivity index is 2.22. The van der Waals surface area contributed by atoms with Gasteiger partial charge in [-0.15, -0.1) is 0 Å². The minimum absolute atomic E-state index is 0.203. The predicted molar refractivity (Wildman–Crippen MR) is 63.8 cm³/mol. The molecule has 1 aromatic heterocycles. The number of hydrogen-bond donors (Lipinski definition) is 1. The fraction of sp³-hybridized carbons (Fsp3) is 0.500. The highest BCUT2D eigenvalue weighted by Gasteiger charge is 2.44. The van der Waals surface area contributed by atoms with Gasteiger partial charge < -0.3 is 14.6 Å². The van der Waals surface area contributed by atoms with Gasteiger partial charge in [-0.2, -0.15) is 26.3 Å². The van der Waals surface area contributed by atoms with Gasteiger partial charge in [0.05, 0.1) is 13.2 Å². The van der Waals surface area contributed by atoms with Crippen LogP contribution in [0.15, 0.2) is 16.9 Å². The lowest BCUT2D eigenvalue weighted by Crippen LogP contribution is -2.51. The standard InChI is InChI=1S/C12H10F6N2O3/c13-11(14,15)7-2-1-6(9(21)19-7)10(22)20-3-4-23-8(5-20)12(16,17)18/h1-2,8H,3-5H2,(H,19,21)/t8-/m0/s1. The van der Waals surface area contributed by atoms with E-state index in [1.165, 1.54) is 4.98 Å². The number of rotatable bonds is 1. The molecule has 2 rings (SSSR count). The molecule has 1 aliphatic heterocycles. The third kappa shape index (κ3) is 3.84. The molecule has 0 aliphatic carbocycles. The molecule has 1 aliphatic rings.